The van der Waals surface area contributed by atoms with E-state index in [2.05, 4.69) is 29.0 Å². The number of nitrogens with two attached hydrogens (primary N) is 1. The molecular formula is C20H27N3O4. The number of carbonyl (C=O) groups is 1. The molecule has 7 heteroatoms. The monoisotopic (exact) mass is 373 g/mol. The number of hydrogen-bond donors (Lipinski definition) is 3. The first-order valence-corrected chi connectivity index (χ1v) is 8.87. The van der Waals surface area contributed by atoms with Crippen LogP contribution in [0.5, 0.6) is 0 Å². The number of methoxy groups -OCH3 is 1. The van der Waals surface area contributed by atoms with E-state index in [0.717, 1.165) is 24.8 Å². The van der Waals surface area contributed by atoms with Crippen LogP contribution in [0, 0.1) is 0 Å². The number of nitrogens with one attached hydrogen (secondary N) is 1. The van der Waals surface area contributed by atoms with Crippen molar-refractivity contribution in [1.29, 1.82) is 0 Å². The van der Waals surface area contributed by atoms with E-state index in [1.54, 1.807) is 6.92 Å². The summed E-state index contributed by atoms with van der Waals surface area (Å²) in [4.78, 5) is 15.7. The normalized spacial score (nSPS) is 21.2. The molecule has 1 aromatic rings. The zero-order valence-electron chi connectivity index (χ0n) is 15.8. The summed E-state index contributed by atoms with van der Waals surface area (Å²) in [6.45, 7) is 5.66. The van der Waals surface area contributed by atoms with Crippen molar-refractivity contribution in [3.8, 4) is 0 Å². The maximum atomic E-state index is 11.2. The third-order valence-corrected chi connectivity index (χ3v) is 4.47. The number of carboxylic acid groups (broad SMARTS) is 1. The van der Waals surface area contributed by atoms with Gasteiger partial charge in [0, 0.05) is 5.57 Å². The summed E-state index contributed by atoms with van der Waals surface area (Å²) in [5, 5.41) is 12.0. The van der Waals surface area contributed by atoms with Crippen molar-refractivity contribution in [3.63, 3.8) is 0 Å². The fourth-order valence-electron chi connectivity index (χ4n) is 2.86. The molecule has 1 aliphatic heterocycles. The Kier molecular flexibility index (Phi) is 7.43. The lowest BCUT2D eigenvalue weighted by Gasteiger charge is -2.29. The number of ether oxygens (including phenoxy) is 2. The first-order chi connectivity index (χ1) is 12.9. The minimum atomic E-state index is -1.21. The Balaban J connectivity index is 2.13. The number of aliphatic imine (C=N–C) groups is 1. The number of benzene rings is 1. The maximum absolute atomic E-state index is 11.2. The highest BCUT2D eigenvalue weighted by Crippen LogP contribution is 2.31. The Morgan fingerprint density at radius 3 is 2.74 bits per heavy atom. The third-order valence-electron chi connectivity index (χ3n) is 4.47. The molecular weight excluding hydrogens is 346 g/mol. The highest BCUT2D eigenvalue weighted by Gasteiger charge is 2.24. The van der Waals surface area contributed by atoms with Gasteiger partial charge in [-0.3, -0.25) is 4.99 Å². The van der Waals surface area contributed by atoms with Gasteiger partial charge in [-0.25, -0.2) is 4.79 Å². The summed E-state index contributed by atoms with van der Waals surface area (Å²) in [5.41, 5.74) is 6.83. The minimum absolute atomic E-state index is 0.0474. The van der Waals surface area contributed by atoms with Gasteiger partial charge >= 0.3 is 5.97 Å². The van der Waals surface area contributed by atoms with E-state index >= 15 is 0 Å². The molecule has 1 aliphatic rings. The predicted molar refractivity (Wildman–Crippen MR) is 104 cm³/mol. The van der Waals surface area contributed by atoms with Gasteiger partial charge in [0.1, 0.15) is 11.5 Å². The Morgan fingerprint density at radius 1 is 1.41 bits per heavy atom. The highest BCUT2D eigenvalue weighted by molar-refractivity contribution is 6.04. The fraction of sp³-hybridized carbons (Fsp3) is 0.400. The van der Waals surface area contributed by atoms with Crippen LogP contribution in [0.3, 0.4) is 0 Å². The van der Waals surface area contributed by atoms with E-state index in [-0.39, 0.29) is 23.8 Å². The molecule has 27 heavy (non-hydrogen) atoms. The van der Waals surface area contributed by atoms with Gasteiger partial charge in [-0.05, 0) is 38.3 Å². The second-order valence-electron chi connectivity index (χ2n) is 6.37. The number of carboxylic acids is 1. The summed E-state index contributed by atoms with van der Waals surface area (Å²) in [6, 6.07) is 10.1. The SMILES string of the molecule is C=C(NC(=NC[C@H]1CCC[C@@H](c2ccccc2)O1)/C(C)=C(\N)C(=O)O)OC. The summed E-state index contributed by atoms with van der Waals surface area (Å²) in [5.74, 6) is -0.645. The molecule has 0 unspecified atom stereocenters. The van der Waals surface area contributed by atoms with Gasteiger partial charge in [0.05, 0.1) is 25.9 Å². The molecule has 146 valence electrons. The number of rotatable bonds is 7. The first-order valence-electron chi connectivity index (χ1n) is 8.87. The molecule has 0 amide bonds. The molecule has 0 radical (unpaired) electrons. The summed E-state index contributed by atoms with van der Waals surface area (Å²) in [7, 11) is 1.46. The summed E-state index contributed by atoms with van der Waals surface area (Å²) < 4.78 is 11.2. The average molecular weight is 373 g/mol. The van der Waals surface area contributed by atoms with E-state index in [4.69, 9.17) is 20.3 Å². The van der Waals surface area contributed by atoms with Crippen LogP contribution in [0.2, 0.25) is 0 Å². The largest absolute Gasteiger partial charge is 0.483 e. The molecule has 7 nitrogen and oxygen atoms in total. The van der Waals surface area contributed by atoms with Crippen molar-refractivity contribution < 1.29 is 19.4 Å². The van der Waals surface area contributed by atoms with Crippen LogP contribution in [-0.4, -0.2) is 36.7 Å². The molecule has 1 heterocycles. The molecule has 0 bridgehead atoms. The van der Waals surface area contributed by atoms with Crippen molar-refractivity contribution in [2.75, 3.05) is 13.7 Å². The number of aliphatic carboxylic acids is 1. The smallest absolute Gasteiger partial charge is 0.352 e. The lowest BCUT2D eigenvalue weighted by atomic mass is 9.98. The molecule has 2 atom stereocenters. The minimum Gasteiger partial charge on any atom is -0.483 e. The van der Waals surface area contributed by atoms with Crippen molar-refractivity contribution in [2.45, 2.75) is 38.4 Å². The molecule has 2 rings (SSSR count). The molecule has 1 aromatic carbocycles. The molecule has 1 fully saturated rings. The maximum Gasteiger partial charge on any atom is 0.352 e. The number of hydrogen-bond acceptors (Lipinski definition) is 5. The lowest BCUT2D eigenvalue weighted by Crippen LogP contribution is -2.31. The topological polar surface area (TPSA) is 106 Å². The van der Waals surface area contributed by atoms with Crippen molar-refractivity contribution >= 4 is 11.8 Å². The van der Waals surface area contributed by atoms with Gasteiger partial charge in [0.15, 0.2) is 5.88 Å². The van der Waals surface area contributed by atoms with E-state index in [1.165, 1.54) is 7.11 Å². The zero-order chi connectivity index (χ0) is 19.8. The number of amidine groups is 1. The molecule has 0 aromatic heterocycles. The van der Waals surface area contributed by atoms with Crippen LogP contribution in [0.4, 0.5) is 0 Å². The van der Waals surface area contributed by atoms with Gasteiger partial charge in [0.2, 0.25) is 0 Å². The summed E-state index contributed by atoms with van der Waals surface area (Å²) in [6.07, 6.45) is 2.89. The molecule has 0 spiro atoms. The summed E-state index contributed by atoms with van der Waals surface area (Å²) >= 11 is 0. The Morgan fingerprint density at radius 2 is 2.11 bits per heavy atom. The van der Waals surface area contributed by atoms with E-state index in [9.17, 15) is 4.79 Å². The van der Waals surface area contributed by atoms with Gasteiger partial charge in [-0.15, -0.1) is 0 Å². The van der Waals surface area contributed by atoms with E-state index < -0.39 is 5.97 Å². The molecule has 1 saturated heterocycles. The van der Waals surface area contributed by atoms with Gasteiger partial charge in [-0.1, -0.05) is 30.3 Å². The van der Waals surface area contributed by atoms with Crippen molar-refractivity contribution in [1.82, 2.24) is 5.32 Å². The van der Waals surface area contributed by atoms with Gasteiger partial charge < -0.3 is 25.6 Å². The molecule has 0 aliphatic carbocycles. The van der Waals surface area contributed by atoms with Crippen molar-refractivity contribution in [2.24, 2.45) is 10.7 Å². The highest BCUT2D eigenvalue weighted by atomic mass is 16.5. The Bertz CT molecular complexity index is 728. The average Bonchev–Trinajstić information content (AvgIpc) is 2.70. The van der Waals surface area contributed by atoms with Crippen LogP contribution in [0.15, 0.2) is 59.1 Å². The van der Waals surface area contributed by atoms with Crippen LogP contribution < -0.4 is 11.1 Å². The van der Waals surface area contributed by atoms with Crippen LogP contribution in [0.25, 0.3) is 0 Å². The predicted octanol–water partition coefficient (Wildman–Crippen LogP) is 2.72. The molecule has 4 N–H and O–H groups in total. The Labute approximate surface area is 159 Å². The second-order valence-corrected chi connectivity index (χ2v) is 6.37. The van der Waals surface area contributed by atoms with Crippen molar-refractivity contribution in [3.05, 3.63) is 59.6 Å². The molecule has 0 saturated carbocycles. The van der Waals surface area contributed by atoms with E-state index in [1.807, 2.05) is 18.2 Å². The number of nitrogens with zero attached hydrogens (tertiary/aromatic N) is 1. The lowest BCUT2D eigenvalue weighted by molar-refractivity contribution is -0.132. The van der Waals surface area contributed by atoms with Crippen LogP contribution >= 0.6 is 0 Å². The zero-order valence-corrected chi connectivity index (χ0v) is 15.8. The quantitative estimate of drug-likeness (QED) is 0.294. The first kappa shape index (κ1) is 20.5. The van der Waals surface area contributed by atoms with E-state index in [0.29, 0.717) is 18.0 Å². The van der Waals surface area contributed by atoms with Crippen LogP contribution in [0.1, 0.15) is 37.9 Å². The second kappa shape index (κ2) is 9.78. The van der Waals surface area contributed by atoms with Crippen LogP contribution in [-0.2, 0) is 14.3 Å². The Hall–Kier alpha value is -2.80. The fourth-order valence-corrected chi connectivity index (χ4v) is 2.86. The standard InChI is InChI=1S/C20H27N3O4/c1-13(18(21)20(24)25)19(23-14(2)26-3)22-12-16-10-7-11-17(27-16)15-8-5-4-6-9-15/h4-6,8-9,16-17H,2,7,10-12,21H2,1,3H3,(H,22,23)(H,24,25)/b18-13-/t16-,17+/m1/s1. The van der Waals surface area contributed by atoms with Gasteiger partial charge in [0.25, 0.3) is 0 Å². The third kappa shape index (κ3) is 5.86. The van der Waals surface area contributed by atoms with Gasteiger partial charge in [-0.2, -0.15) is 0 Å².